The Hall–Kier alpha value is -2.64. The number of fused-ring (bicyclic) bond motifs is 2. The fourth-order valence-electron chi connectivity index (χ4n) is 5.02. The van der Waals surface area contributed by atoms with Crippen molar-refractivity contribution in [2.45, 2.75) is 43.7 Å². The van der Waals surface area contributed by atoms with E-state index in [4.69, 9.17) is 10.5 Å². The van der Waals surface area contributed by atoms with Gasteiger partial charge in [0.25, 0.3) is 5.91 Å². The van der Waals surface area contributed by atoms with Gasteiger partial charge in [0.2, 0.25) is 0 Å². The molecule has 3 aromatic heterocycles. The Morgan fingerprint density at radius 1 is 1.19 bits per heavy atom. The number of amides is 1. The van der Waals surface area contributed by atoms with Gasteiger partial charge in [0.1, 0.15) is 11.5 Å². The summed E-state index contributed by atoms with van der Waals surface area (Å²) in [5.74, 6) is 0.690. The summed E-state index contributed by atoms with van der Waals surface area (Å²) in [6.07, 6.45) is 6.99. The fourth-order valence-corrected chi connectivity index (χ4v) is 6.23. The van der Waals surface area contributed by atoms with Crippen LogP contribution in [-0.4, -0.2) is 40.1 Å². The van der Waals surface area contributed by atoms with Gasteiger partial charge in [-0.2, -0.15) is 0 Å². The number of carbonyl (C=O) groups excluding carboxylic acids is 1. The summed E-state index contributed by atoms with van der Waals surface area (Å²) in [6.45, 7) is 2.17. The molecular weight excluding hydrogens is 408 g/mol. The van der Waals surface area contributed by atoms with Crippen molar-refractivity contribution in [2.75, 3.05) is 25.4 Å². The quantitative estimate of drug-likeness (QED) is 0.669. The van der Waals surface area contributed by atoms with Crippen LogP contribution in [0.4, 0.5) is 5.82 Å². The molecule has 2 aliphatic heterocycles. The molecule has 6 rings (SSSR count). The van der Waals surface area contributed by atoms with Gasteiger partial charge in [-0.05, 0) is 61.6 Å². The molecule has 7 heteroatoms. The van der Waals surface area contributed by atoms with Gasteiger partial charge in [0.15, 0.2) is 0 Å². The number of nitrogens with two attached hydrogens (primary N) is 1. The molecule has 1 amide bonds. The number of thiophene rings is 1. The van der Waals surface area contributed by atoms with Crippen LogP contribution in [0.1, 0.15) is 52.7 Å². The minimum Gasteiger partial charge on any atom is -0.384 e. The topological polar surface area (TPSA) is 73.4 Å². The molecule has 0 aromatic carbocycles. The number of likely N-dealkylation sites (tertiary alicyclic amines) is 1. The number of hydrogen-bond acceptors (Lipinski definition) is 5. The monoisotopic (exact) mass is 434 g/mol. The first kappa shape index (κ1) is 19.1. The van der Waals surface area contributed by atoms with Crippen molar-refractivity contribution in [3.05, 3.63) is 58.7 Å². The molecule has 0 unspecified atom stereocenters. The maximum Gasteiger partial charge on any atom is 0.270 e. The van der Waals surface area contributed by atoms with E-state index in [0.717, 1.165) is 55.2 Å². The van der Waals surface area contributed by atoms with Crippen LogP contribution >= 0.6 is 11.3 Å². The predicted molar refractivity (Wildman–Crippen MR) is 121 cm³/mol. The zero-order valence-electron chi connectivity index (χ0n) is 17.4. The molecule has 1 saturated carbocycles. The number of nitrogens with zero attached hydrogens (tertiary/aromatic N) is 3. The van der Waals surface area contributed by atoms with Crippen LogP contribution in [-0.2, 0) is 16.8 Å². The fraction of sp³-hybridized carbons (Fsp3) is 0.417. The maximum atomic E-state index is 13.2. The van der Waals surface area contributed by atoms with Gasteiger partial charge in [0.05, 0.1) is 22.8 Å². The Morgan fingerprint density at radius 2 is 2.03 bits per heavy atom. The number of carbonyl (C=O) groups is 1. The predicted octanol–water partition coefficient (Wildman–Crippen LogP) is 4.23. The van der Waals surface area contributed by atoms with Crippen LogP contribution in [0.25, 0.3) is 10.6 Å². The largest absolute Gasteiger partial charge is 0.384 e. The number of hydrogen-bond donors (Lipinski definition) is 1. The van der Waals surface area contributed by atoms with Crippen molar-refractivity contribution in [1.82, 2.24) is 14.5 Å². The summed E-state index contributed by atoms with van der Waals surface area (Å²) < 4.78 is 8.57. The van der Waals surface area contributed by atoms with Gasteiger partial charge in [-0.15, -0.1) is 11.3 Å². The summed E-state index contributed by atoms with van der Waals surface area (Å²) >= 11 is 1.80. The summed E-state index contributed by atoms with van der Waals surface area (Å²) in [5, 5.41) is 0. The van der Waals surface area contributed by atoms with Crippen molar-refractivity contribution in [2.24, 2.45) is 0 Å². The SMILES string of the molecule is Nc1cccc(-c2cc3c(s2)CCOC32CCN(C(=O)c3cccn3C3CC3)CC2)n1. The second-order valence-electron chi connectivity index (χ2n) is 8.81. The summed E-state index contributed by atoms with van der Waals surface area (Å²) in [7, 11) is 0. The van der Waals surface area contributed by atoms with Crippen molar-refractivity contribution in [3.8, 4) is 10.6 Å². The van der Waals surface area contributed by atoms with Gasteiger partial charge in [-0.1, -0.05) is 6.07 Å². The highest BCUT2D eigenvalue weighted by Crippen LogP contribution is 2.46. The summed E-state index contributed by atoms with van der Waals surface area (Å²) in [6, 6.07) is 12.5. The number of rotatable bonds is 3. The van der Waals surface area contributed by atoms with Gasteiger partial charge >= 0.3 is 0 Å². The minimum absolute atomic E-state index is 0.151. The second kappa shape index (κ2) is 7.21. The van der Waals surface area contributed by atoms with Crippen LogP contribution in [0.2, 0.25) is 0 Å². The average Bonchev–Trinajstić information content (AvgIpc) is 3.33. The van der Waals surface area contributed by atoms with Gasteiger partial charge < -0.3 is 19.9 Å². The molecule has 0 radical (unpaired) electrons. The van der Waals surface area contributed by atoms with E-state index < -0.39 is 0 Å². The third kappa shape index (κ3) is 3.27. The third-order valence-corrected chi connectivity index (χ3v) is 8.04. The number of pyridine rings is 1. The lowest BCUT2D eigenvalue weighted by molar-refractivity contribution is -0.0927. The Labute approximate surface area is 185 Å². The van der Waals surface area contributed by atoms with Crippen molar-refractivity contribution < 1.29 is 9.53 Å². The number of nitrogen functional groups attached to an aromatic ring is 1. The molecule has 1 spiro atoms. The number of aromatic nitrogens is 2. The molecule has 160 valence electrons. The molecule has 1 aliphatic carbocycles. The smallest absolute Gasteiger partial charge is 0.270 e. The van der Waals surface area contributed by atoms with E-state index in [-0.39, 0.29) is 11.5 Å². The molecule has 0 atom stereocenters. The zero-order chi connectivity index (χ0) is 21.0. The van der Waals surface area contributed by atoms with Crippen LogP contribution in [0.15, 0.2) is 42.6 Å². The minimum atomic E-state index is -0.294. The van der Waals surface area contributed by atoms with Gasteiger partial charge in [0, 0.05) is 36.6 Å². The second-order valence-corrected chi connectivity index (χ2v) is 9.95. The summed E-state index contributed by atoms with van der Waals surface area (Å²) in [4.78, 5) is 22.2. The van der Waals surface area contributed by atoms with Crippen molar-refractivity contribution in [1.29, 1.82) is 0 Å². The Balaban J connectivity index is 1.24. The molecule has 2 N–H and O–H groups in total. The van der Waals surface area contributed by atoms with Gasteiger partial charge in [-0.25, -0.2) is 4.98 Å². The highest BCUT2D eigenvalue weighted by atomic mass is 32.1. The van der Waals surface area contributed by atoms with Crippen LogP contribution in [0.3, 0.4) is 0 Å². The van der Waals surface area contributed by atoms with Gasteiger partial charge in [-0.3, -0.25) is 4.79 Å². The van der Waals surface area contributed by atoms with Crippen molar-refractivity contribution >= 4 is 23.1 Å². The van der Waals surface area contributed by atoms with E-state index in [1.807, 2.05) is 41.4 Å². The Kier molecular flexibility index (Phi) is 4.43. The Bertz CT molecular complexity index is 1140. The molecule has 1 saturated heterocycles. The molecule has 2 fully saturated rings. The summed E-state index contributed by atoms with van der Waals surface area (Å²) in [5.41, 5.74) is 8.64. The molecular formula is C24H26N4O2S. The highest BCUT2D eigenvalue weighted by molar-refractivity contribution is 7.15. The van der Waals surface area contributed by atoms with E-state index in [1.54, 1.807) is 11.3 Å². The molecule has 31 heavy (non-hydrogen) atoms. The highest BCUT2D eigenvalue weighted by Gasteiger charge is 2.43. The number of ether oxygens (including phenoxy) is 1. The van der Waals surface area contributed by atoms with Crippen molar-refractivity contribution in [3.63, 3.8) is 0 Å². The molecule has 3 aliphatic rings. The van der Waals surface area contributed by atoms with E-state index >= 15 is 0 Å². The third-order valence-electron chi connectivity index (χ3n) is 6.83. The number of piperidine rings is 1. The van der Waals surface area contributed by atoms with E-state index in [2.05, 4.69) is 15.6 Å². The Morgan fingerprint density at radius 3 is 2.81 bits per heavy atom. The molecule has 0 bridgehead atoms. The van der Waals surface area contributed by atoms with Crippen LogP contribution in [0.5, 0.6) is 0 Å². The maximum absolute atomic E-state index is 13.2. The molecule has 3 aromatic rings. The van der Waals surface area contributed by atoms with E-state index in [1.165, 1.54) is 23.3 Å². The first-order chi connectivity index (χ1) is 15.1. The molecule has 6 nitrogen and oxygen atoms in total. The van der Waals surface area contributed by atoms with E-state index in [0.29, 0.717) is 11.9 Å². The lowest BCUT2D eigenvalue weighted by Gasteiger charge is -2.44. The van der Waals surface area contributed by atoms with Crippen LogP contribution < -0.4 is 5.73 Å². The number of anilines is 1. The first-order valence-corrected chi connectivity index (χ1v) is 11.9. The molecule has 5 heterocycles. The standard InChI is InChI=1S/C24H26N4O2S/c25-22-5-1-3-18(26-22)21-15-17-20(31-21)8-14-30-24(17)9-12-27(13-10-24)23(29)19-4-2-11-28(19)16-6-7-16/h1-5,11,15-16H,6-10,12-14H2,(H2,25,26). The first-order valence-electron chi connectivity index (χ1n) is 11.1. The average molecular weight is 435 g/mol. The zero-order valence-corrected chi connectivity index (χ0v) is 18.2. The van der Waals surface area contributed by atoms with Crippen LogP contribution in [0, 0.1) is 0 Å². The lowest BCUT2D eigenvalue weighted by Crippen LogP contribution is -2.48. The van der Waals surface area contributed by atoms with E-state index in [9.17, 15) is 4.79 Å². The lowest BCUT2D eigenvalue weighted by atomic mass is 9.82. The normalized spacial score (nSPS) is 20.1.